The zero-order chi connectivity index (χ0) is 18.2. The molecule has 1 unspecified atom stereocenters. The highest BCUT2D eigenvalue weighted by Gasteiger charge is 2.20. The lowest BCUT2D eigenvalue weighted by Crippen LogP contribution is -2.37. The van der Waals surface area contributed by atoms with Crippen molar-refractivity contribution in [3.63, 3.8) is 0 Å². The van der Waals surface area contributed by atoms with Crippen molar-refractivity contribution in [3.8, 4) is 0 Å². The molecular weight excluding hydrogens is 324 g/mol. The number of nitrogens with one attached hydrogen (secondary N) is 2. The highest BCUT2D eigenvalue weighted by Crippen LogP contribution is 2.16. The third-order valence-electron chi connectivity index (χ3n) is 4.09. The molecule has 0 bridgehead atoms. The maximum Gasteiger partial charge on any atom is 0.242 e. The smallest absolute Gasteiger partial charge is 0.242 e. The van der Waals surface area contributed by atoms with E-state index in [4.69, 9.17) is 0 Å². The summed E-state index contributed by atoms with van der Waals surface area (Å²) in [5, 5.41) is 6.36. The maximum atomic E-state index is 12.8. The number of pyridine rings is 2. The van der Waals surface area contributed by atoms with Gasteiger partial charge in [0, 0.05) is 37.9 Å². The first kappa shape index (κ1) is 17.8. The van der Waals surface area contributed by atoms with Crippen LogP contribution in [0.2, 0.25) is 0 Å². The Morgan fingerprint density at radius 3 is 2.54 bits per heavy atom. The van der Waals surface area contributed by atoms with E-state index in [1.54, 1.807) is 24.8 Å². The Bertz CT molecular complexity index is 837. The van der Waals surface area contributed by atoms with Gasteiger partial charge in [-0.05, 0) is 41.8 Å². The van der Waals surface area contributed by atoms with Gasteiger partial charge in [0.05, 0.1) is 0 Å². The summed E-state index contributed by atoms with van der Waals surface area (Å²) in [4.78, 5) is 21.0. The number of carbonyl (C=O) groups is 1. The van der Waals surface area contributed by atoms with Crippen LogP contribution in [0.5, 0.6) is 0 Å². The highest BCUT2D eigenvalue weighted by atomic mass is 16.2. The van der Waals surface area contributed by atoms with Gasteiger partial charge in [-0.3, -0.25) is 20.1 Å². The van der Waals surface area contributed by atoms with Gasteiger partial charge < -0.3 is 5.32 Å². The number of hydrogen-bond acceptors (Lipinski definition) is 4. The summed E-state index contributed by atoms with van der Waals surface area (Å²) in [6, 6.07) is 15.2. The maximum absolute atomic E-state index is 12.8. The van der Waals surface area contributed by atoms with E-state index in [2.05, 4.69) is 20.6 Å². The van der Waals surface area contributed by atoms with Gasteiger partial charge in [-0.15, -0.1) is 0 Å². The van der Waals surface area contributed by atoms with Gasteiger partial charge in [-0.1, -0.05) is 35.9 Å². The van der Waals surface area contributed by atoms with Crippen LogP contribution in [0.3, 0.4) is 0 Å². The number of benzene rings is 1. The third-order valence-corrected chi connectivity index (χ3v) is 4.09. The van der Waals surface area contributed by atoms with Crippen molar-refractivity contribution in [3.05, 3.63) is 95.6 Å². The first-order valence-corrected chi connectivity index (χ1v) is 8.58. The van der Waals surface area contributed by atoms with E-state index in [1.807, 2.05) is 55.5 Å². The van der Waals surface area contributed by atoms with Gasteiger partial charge in [-0.25, -0.2) is 0 Å². The van der Waals surface area contributed by atoms with E-state index in [9.17, 15) is 4.79 Å². The van der Waals surface area contributed by atoms with E-state index in [0.29, 0.717) is 13.1 Å². The van der Waals surface area contributed by atoms with E-state index in [1.165, 1.54) is 0 Å². The molecule has 0 saturated carbocycles. The van der Waals surface area contributed by atoms with E-state index in [0.717, 1.165) is 22.3 Å². The average Bonchev–Trinajstić information content (AvgIpc) is 2.68. The topological polar surface area (TPSA) is 66.9 Å². The Hall–Kier alpha value is -3.05. The molecule has 26 heavy (non-hydrogen) atoms. The van der Waals surface area contributed by atoms with E-state index >= 15 is 0 Å². The lowest BCUT2D eigenvalue weighted by Gasteiger charge is -2.19. The highest BCUT2D eigenvalue weighted by molar-refractivity contribution is 5.83. The summed E-state index contributed by atoms with van der Waals surface area (Å²) in [6.07, 6.45) is 6.98. The molecule has 0 aliphatic carbocycles. The van der Waals surface area contributed by atoms with Crippen LogP contribution in [0, 0.1) is 6.92 Å². The zero-order valence-corrected chi connectivity index (χ0v) is 14.7. The zero-order valence-electron chi connectivity index (χ0n) is 14.7. The molecule has 5 nitrogen and oxygen atoms in total. The number of rotatable bonds is 7. The van der Waals surface area contributed by atoms with Crippen LogP contribution < -0.4 is 10.6 Å². The van der Waals surface area contributed by atoms with Crippen molar-refractivity contribution in [1.82, 2.24) is 20.6 Å². The molecular formula is C21H22N4O. The monoisotopic (exact) mass is 346 g/mol. The molecule has 3 rings (SSSR count). The fourth-order valence-corrected chi connectivity index (χ4v) is 2.73. The summed E-state index contributed by atoms with van der Waals surface area (Å²) in [5.41, 5.74) is 4.12. The number of carbonyl (C=O) groups excluding carboxylic acids is 1. The predicted octanol–water partition coefficient (Wildman–Crippen LogP) is 2.93. The molecule has 1 aromatic carbocycles. The van der Waals surface area contributed by atoms with Gasteiger partial charge in [-0.2, -0.15) is 0 Å². The molecule has 0 saturated heterocycles. The molecule has 132 valence electrons. The van der Waals surface area contributed by atoms with Gasteiger partial charge in [0.25, 0.3) is 0 Å². The molecule has 2 heterocycles. The molecule has 0 aliphatic heterocycles. The van der Waals surface area contributed by atoms with Crippen molar-refractivity contribution in [2.45, 2.75) is 26.1 Å². The summed E-state index contributed by atoms with van der Waals surface area (Å²) >= 11 is 0. The summed E-state index contributed by atoms with van der Waals surface area (Å²) < 4.78 is 0. The van der Waals surface area contributed by atoms with Crippen LogP contribution in [0.1, 0.15) is 28.3 Å². The molecule has 1 amide bonds. The summed E-state index contributed by atoms with van der Waals surface area (Å²) in [6.45, 7) is 3.06. The average molecular weight is 346 g/mol. The number of aromatic nitrogens is 2. The fourth-order valence-electron chi connectivity index (χ4n) is 2.73. The predicted molar refractivity (Wildman–Crippen MR) is 101 cm³/mol. The van der Waals surface area contributed by atoms with Crippen LogP contribution in [0.25, 0.3) is 0 Å². The van der Waals surface area contributed by atoms with Crippen LogP contribution in [-0.2, 0) is 17.9 Å². The molecule has 0 spiro atoms. The Kier molecular flexibility index (Phi) is 6.06. The van der Waals surface area contributed by atoms with Gasteiger partial charge >= 0.3 is 0 Å². The Morgan fingerprint density at radius 2 is 1.81 bits per heavy atom. The number of nitrogens with zero attached hydrogens (tertiary/aromatic N) is 2. The first-order valence-electron chi connectivity index (χ1n) is 8.58. The van der Waals surface area contributed by atoms with Crippen molar-refractivity contribution in [1.29, 1.82) is 0 Å². The minimum atomic E-state index is -0.433. The molecule has 3 aromatic rings. The number of hydrogen-bond donors (Lipinski definition) is 2. The quantitative estimate of drug-likeness (QED) is 0.690. The van der Waals surface area contributed by atoms with Crippen molar-refractivity contribution in [2.75, 3.05) is 0 Å². The third kappa shape index (κ3) is 4.97. The van der Waals surface area contributed by atoms with E-state index < -0.39 is 6.04 Å². The van der Waals surface area contributed by atoms with Crippen molar-refractivity contribution >= 4 is 5.91 Å². The molecule has 2 aromatic heterocycles. The number of aryl methyl sites for hydroxylation is 1. The second kappa shape index (κ2) is 8.87. The molecule has 0 aliphatic rings. The SMILES string of the molecule is Cc1cccc(C(NCc2cccnc2)C(=O)NCc2ccncc2)c1. The number of amides is 1. The molecule has 0 radical (unpaired) electrons. The molecule has 0 fully saturated rings. The minimum Gasteiger partial charge on any atom is -0.350 e. The summed E-state index contributed by atoms with van der Waals surface area (Å²) in [5.74, 6) is -0.0590. The Balaban J connectivity index is 1.72. The van der Waals surface area contributed by atoms with Gasteiger partial charge in [0.2, 0.25) is 5.91 Å². The van der Waals surface area contributed by atoms with Crippen LogP contribution in [-0.4, -0.2) is 15.9 Å². The molecule has 5 heteroatoms. The van der Waals surface area contributed by atoms with Crippen LogP contribution >= 0.6 is 0 Å². The van der Waals surface area contributed by atoms with Crippen molar-refractivity contribution in [2.24, 2.45) is 0 Å². The second-order valence-electron chi connectivity index (χ2n) is 6.16. The lowest BCUT2D eigenvalue weighted by atomic mass is 10.0. The van der Waals surface area contributed by atoms with Crippen LogP contribution in [0.4, 0.5) is 0 Å². The molecule has 2 N–H and O–H groups in total. The first-order chi connectivity index (χ1) is 12.7. The standard InChI is InChI=1S/C21H22N4O/c1-16-4-2-6-19(12-16)20(24-15-18-5-3-9-23-13-18)21(26)25-14-17-7-10-22-11-8-17/h2-13,20,24H,14-15H2,1H3,(H,25,26). The van der Waals surface area contributed by atoms with Crippen LogP contribution in [0.15, 0.2) is 73.3 Å². The normalized spacial score (nSPS) is 11.7. The Morgan fingerprint density at radius 1 is 0.962 bits per heavy atom. The molecule has 1 atom stereocenters. The Labute approximate surface area is 153 Å². The minimum absolute atomic E-state index is 0.0590. The van der Waals surface area contributed by atoms with Gasteiger partial charge in [0.1, 0.15) is 6.04 Å². The van der Waals surface area contributed by atoms with Gasteiger partial charge in [0.15, 0.2) is 0 Å². The lowest BCUT2D eigenvalue weighted by molar-refractivity contribution is -0.123. The second-order valence-corrected chi connectivity index (χ2v) is 6.16. The fraction of sp³-hybridized carbons (Fsp3) is 0.190. The van der Waals surface area contributed by atoms with Crippen molar-refractivity contribution < 1.29 is 4.79 Å². The van der Waals surface area contributed by atoms with E-state index in [-0.39, 0.29) is 5.91 Å². The summed E-state index contributed by atoms with van der Waals surface area (Å²) in [7, 11) is 0. The largest absolute Gasteiger partial charge is 0.350 e.